The zero-order valence-corrected chi connectivity index (χ0v) is 21.0. The molecule has 1 saturated heterocycles. The van der Waals surface area contributed by atoms with Gasteiger partial charge in [0, 0.05) is 25.7 Å². The quantitative estimate of drug-likeness (QED) is 0.667. The van der Waals surface area contributed by atoms with Crippen LogP contribution in [0.15, 0.2) is 16.9 Å². The highest BCUT2D eigenvalue weighted by Crippen LogP contribution is 2.36. The third-order valence-corrected chi connectivity index (χ3v) is 6.00. The van der Waals surface area contributed by atoms with E-state index in [9.17, 15) is 27.6 Å². The molecule has 1 aromatic carbocycles. The van der Waals surface area contributed by atoms with E-state index >= 15 is 0 Å². The lowest BCUT2D eigenvalue weighted by atomic mass is 9.98. The van der Waals surface area contributed by atoms with Crippen LogP contribution in [0.2, 0.25) is 0 Å². The van der Waals surface area contributed by atoms with E-state index in [-0.39, 0.29) is 24.1 Å². The van der Waals surface area contributed by atoms with Crippen molar-refractivity contribution in [1.29, 1.82) is 0 Å². The van der Waals surface area contributed by atoms with Crippen LogP contribution in [-0.2, 0) is 17.5 Å². The molecule has 2 aromatic rings. The van der Waals surface area contributed by atoms with E-state index in [1.807, 2.05) is 0 Å². The normalized spacial score (nSPS) is 17.2. The topological polar surface area (TPSA) is 87.6 Å². The molecule has 8 nitrogen and oxygen atoms in total. The number of benzene rings is 1. The Balaban J connectivity index is 2.02. The van der Waals surface area contributed by atoms with Gasteiger partial charge in [-0.1, -0.05) is 0 Å². The van der Waals surface area contributed by atoms with E-state index < -0.39 is 52.7 Å². The van der Waals surface area contributed by atoms with Crippen LogP contribution in [0.3, 0.4) is 0 Å². The molecule has 0 radical (unpaired) electrons. The summed E-state index contributed by atoms with van der Waals surface area (Å²) in [7, 11) is 0. The number of nitrogens with zero attached hydrogens (tertiary/aromatic N) is 3. The predicted octanol–water partition coefficient (Wildman–Crippen LogP) is 4.62. The molecule has 0 bridgehead atoms. The predicted molar refractivity (Wildman–Crippen MR) is 125 cm³/mol. The van der Waals surface area contributed by atoms with E-state index in [4.69, 9.17) is 4.74 Å². The molecule has 3 rings (SSSR count). The second kappa shape index (κ2) is 9.58. The summed E-state index contributed by atoms with van der Waals surface area (Å²) in [5.41, 5.74) is -2.61. The molecule has 1 N–H and O–H groups in total. The number of H-pyrrole nitrogens is 1. The van der Waals surface area contributed by atoms with Gasteiger partial charge in [0.1, 0.15) is 5.60 Å². The number of piperidine rings is 1. The SMILES string of the molecule is CCn1c(=O)[nH]c2cc(C(=O)N(C(C)C)[C@@H]3CCCN(C(=O)OC(C)(C)C)C3)c(C(F)(F)F)cc21. The molecule has 35 heavy (non-hydrogen) atoms. The molecule has 2 amide bonds. The van der Waals surface area contributed by atoms with Gasteiger partial charge in [-0.2, -0.15) is 13.2 Å². The molecule has 0 saturated carbocycles. The number of aromatic amines is 1. The zero-order valence-electron chi connectivity index (χ0n) is 21.0. The van der Waals surface area contributed by atoms with E-state index in [2.05, 4.69) is 4.98 Å². The largest absolute Gasteiger partial charge is 0.444 e. The van der Waals surface area contributed by atoms with Gasteiger partial charge in [0.15, 0.2) is 0 Å². The van der Waals surface area contributed by atoms with Crippen molar-refractivity contribution in [3.8, 4) is 0 Å². The van der Waals surface area contributed by atoms with Crippen molar-refractivity contribution in [2.24, 2.45) is 0 Å². The standard InChI is InChI=1S/C24H33F3N4O4/c1-7-30-19-12-17(24(25,26)27)16(11-18(19)28-21(30)33)20(32)31(14(2)3)15-9-8-10-29(13-15)22(34)35-23(4,5)6/h11-12,14-15H,7-10,13H2,1-6H3,(H,28,33)/t15-/m1/s1. The first-order chi connectivity index (χ1) is 16.1. The fourth-order valence-electron chi connectivity index (χ4n) is 4.56. The maximum absolute atomic E-state index is 14.1. The third kappa shape index (κ3) is 5.65. The number of carbonyl (C=O) groups excluding carboxylic acids is 2. The molecule has 2 heterocycles. The molecule has 0 aliphatic carbocycles. The molecule has 11 heteroatoms. The number of amides is 2. The van der Waals surface area contributed by atoms with Gasteiger partial charge in [0.05, 0.1) is 28.2 Å². The number of aromatic nitrogens is 2. The molecule has 194 valence electrons. The van der Waals surface area contributed by atoms with Crippen molar-refractivity contribution in [3.63, 3.8) is 0 Å². The average Bonchev–Trinajstić information content (AvgIpc) is 3.05. The minimum Gasteiger partial charge on any atom is -0.444 e. The third-order valence-electron chi connectivity index (χ3n) is 6.00. The summed E-state index contributed by atoms with van der Waals surface area (Å²) in [6, 6.07) is 1.05. The Morgan fingerprint density at radius 3 is 2.43 bits per heavy atom. The minimum absolute atomic E-state index is 0.0891. The number of hydrogen-bond donors (Lipinski definition) is 1. The highest BCUT2D eigenvalue weighted by molar-refractivity contribution is 5.99. The molecule has 1 aliphatic rings. The number of nitrogens with one attached hydrogen (secondary N) is 1. The lowest BCUT2D eigenvalue weighted by Crippen LogP contribution is -2.54. The Labute approximate surface area is 202 Å². The number of likely N-dealkylation sites (tertiary alicyclic amines) is 1. The Bertz CT molecular complexity index is 1160. The maximum atomic E-state index is 14.1. The van der Waals surface area contributed by atoms with Crippen LogP contribution in [0.25, 0.3) is 11.0 Å². The summed E-state index contributed by atoms with van der Waals surface area (Å²) in [4.78, 5) is 43.9. The van der Waals surface area contributed by atoms with E-state index in [1.165, 1.54) is 14.4 Å². The van der Waals surface area contributed by atoms with Crippen molar-refractivity contribution in [3.05, 3.63) is 33.7 Å². The Morgan fingerprint density at radius 2 is 1.89 bits per heavy atom. The highest BCUT2D eigenvalue weighted by atomic mass is 19.4. The van der Waals surface area contributed by atoms with E-state index in [0.717, 1.165) is 12.1 Å². The first-order valence-corrected chi connectivity index (χ1v) is 11.8. The van der Waals surface area contributed by atoms with Crippen molar-refractivity contribution >= 4 is 23.0 Å². The van der Waals surface area contributed by atoms with Gasteiger partial charge >= 0.3 is 18.0 Å². The minimum atomic E-state index is -4.80. The average molecular weight is 499 g/mol. The van der Waals surface area contributed by atoms with Gasteiger partial charge in [0.25, 0.3) is 5.91 Å². The second-order valence-corrected chi connectivity index (χ2v) is 10.1. The van der Waals surface area contributed by atoms with E-state index in [0.29, 0.717) is 19.4 Å². The summed E-state index contributed by atoms with van der Waals surface area (Å²) in [6.45, 7) is 11.1. The molecular formula is C24H33F3N4O4. The molecule has 1 fully saturated rings. The number of fused-ring (bicyclic) bond motifs is 1. The van der Waals surface area contributed by atoms with Crippen molar-refractivity contribution in [1.82, 2.24) is 19.4 Å². The van der Waals surface area contributed by atoms with Crippen LogP contribution in [0.5, 0.6) is 0 Å². The monoisotopic (exact) mass is 498 g/mol. The fraction of sp³-hybridized carbons (Fsp3) is 0.625. The first kappa shape index (κ1) is 26.6. The van der Waals surface area contributed by atoms with Crippen LogP contribution in [0, 0.1) is 0 Å². The molecule has 0 spiro atoms. The van der Waals surface area contributed by atoms with Crippen LogP contribution in [0.1, 0.15) is 70.3 Å². The van der Waals surface area contributed by atoms with Crippen molar-refractivity contribution in [2.45, 2.75) is 84.8 Å². The first-order valence-electron chi connectivity index (χ1n) is 11.8. The smallest absolute Gasteiger partial charge is 0.417 e. The summed E-state index contributed by atoms with van der Waals surface area (Å²) in [5, 5.41) is 0. The van der Waals surface area contributed by atoms with Gasteiger partial charge in [-0.3, -0.25) is 9.36 Å². The van der Waals surface area contributed by atoms with Crippen LogP contribution < -0.4 is 5.69 Å². The van der Waals surface area contributed by atoms with Crippen LogP contribution in [-0.4, -0.2) is 62.1 Å². The summed E-state index contributed by atoms with van der Waals surface area (Å²) < 4.78 is 48.9. The molecular weight excluding hydrogens is 465 g/mol. The number of carbonyl (C=O) groups is 2. The summed E-state index contributed by atoms with van der Waals surface area (Å²) in [6.07, 6.45) is -4.20. The van der Waals surface area contributed by atoms with Crippen molar-refractivity contribution < 1.29 is 27.5 Å². The van der Waals surface area contributed by atoms with Crippen LogP contribution in [0.4, 0.5) is 18.0 Å². The fourth-order valence-corrected chi connectivity index (χ4v) is 4.56. The number of rotatable bonds is 4. The molecule has 1 aliphatic heterocycles. The number of alkyl halides is 3. The Morgan fingerprint density at radius 1 is 1.23 bits per heavy atom. The summed E-state index contributed by atoms with van der Waals surface area (Å²) >= 11 is 0. The number of imidazole rings is 1. The van der Waals surface area contributed by atoms with Gasteiger partial charge in [-0.05, 0) is 66.5 Å². The molecule has 0 unspecified atom stereocenters. The van der Waals surface area contributed by atoms with Gasteiger partial charge < -0.3 is 19.5 Å². The van der Waals surface area contributed by atoms with Crippen molar-refractivity contribution in [2.75, 3.05) is 13.1 Å². The summed E-state index contributed by atoms with van der Waals surface area (Å²) in [5.74, 6) is -0.796. The number of halogens is 3. The zero-order chi connectivity index (χ0) is 26.3. The molecule has 1 aromatic heterocycles. The van der Waals surface area contributed by atoms with E-state index in [1.54, 1.807) is 41.5 Å². The number of hydrogen-bond acceptors (Lipinski definition) is 4. The van der Waals surface area contributed by atoms with Gasteiger partial charge in [-0.15, -0.1) is 0 Å². The molecule has 1 atom stereocenters. The Kier molecular flexibility index (Phi) is 7.29. The maximum Gasteiger partial charge on any atom is 0.417 e. The van der Waals surface area contributed by atoms with Gasteiger partial charge in [0.2, 0.25) is 0 Å². The van der Waals surface area contributed by atoms with Crippen LogP contribution >= 0.6 is 0 Å². The Hall–Kier alpha value is -2.98. The number of aryl methyl sites for hydroxylation is 1. The lowest BCUT2D eigenvalue weighted by molar-refractivity contribution is -0.138. The lowest BCUT2D eigenvalue weighted by Gasteiger charge is -2.41. The number of ether oxygens (including phenoxy) is 1. The second-order valence-electron chi connectivity index (χ2n) is 10.1. The highest BCUT2D eigenvalue weighted by Gasteiger charge is 2.40. The van der Waals surface area contributed by atoms with Gasteiger partial charge in [-0.25, -0.2) is 9.59 Å².